The average molecular weight is 482 g/mol. The highest BCUT2D eigenvalue weighted by Gasteiger charge is 2.37. The van der Waals surface area contributed by atoms with Gasteiger partial charge in [0, 0.05) is 35.2 Å². The van der Waals surface area contributed by atoms with Gasteiger partial charge in [0.05, 0.1) is 35.6 Å². The van der Waals surface area contributed by atoms with Crippen molar-refractivity contribution in [2.45, 2.75) is 58.9 Å². The van der Waals surface area contributed by atoms with Gasteiger partial charge in [0.1, 0.15) is 12.4 Å². The summed E-state index contributed by atoms with van der Waals surface area (Å²) < 4.78 is 21.3. The van der Waals surface area contributed by atoms with E-state index in [2.05, 4.69) is 5.32 Å². The molecule has 3 N–H and O–H groups in total. The van der Waals surface area contributed by atoms with Gasteiger partial charge in [-0.1, -0.05) is 13.8 Å². The Labute approximate surface area is 201 Å². The van der Waals surface area contributed by atoms with E-state index in [0.717, 1.165) is 28.5 Å². The number of ether oxygens (including phenoxy) is 1. The van der Waals surface area contributed by atoms with Crippen LogP contribution in [-0.4, -0.2) is 38.9 Å². The molecule has 35 heavy (non-hydrogen) atoms. The number of aryl methyl sites for hydroxylation is 1. The molecule has 184 valence electrons. The van der Waals surface area contributed by atoms with E-state index in [0.29, 0.717) is 35.4 Å². The third kappa shape index (κ3) is 3.41. The first-order valence-electron chi connectivity index (χ1n) is 12.0. The van der Waals surface area contributed by atoms with Gasteiger partial charge in [-0.2, -0.15) is 0 Å². The van der Waals surface area contributed by atoms with Crippen LogP contribution in [0.3, 0.4) is 0 Å². The molecule has 2 aliphatic heterocycles. The van der Waals surface area contributed by atoms with Crippen molar-refractivity contribution in [3.05, 3.63) is 61.7 Å². The van der Waals surface area contributed by atoms with Crippen molar-refractivity contribution >= 4 is 16.9 Å². The van der Waals surface area contributed by atoms with Gasteiger partial charge in [-0.25, -0.2) is 14.2 Å². The van der Waals surface area contributed by atoms with Gasteiger partial charge >= 0.3 is 5.97 Å². The minimum Gasteiger partial charge on any atom is -0.458 e. The van der Waals surface area contributed by atoms with Crippen LogP contribution >= 0.6 is 0 Å². The summed E-state index contributed by atoms with van der Waals surface area (Å²) in [6.45, 7) is 6.27. The number of aromatic nitrogens is 2. The summed E-state index contributed by atoms with van der Waals surface area (Å²) >= 11 is 0. The molecule has 0 saturated heterocycles. The number of cyclic esters (lactones) is 1. The fourth-order valence-electron chi connectivity index (χ4n) is 5.54. The number of carbonyl (C=O) groups excluding carboxylic acids is 1. The molecule has 0 spiro atoms. The van der Waals surface area contributed by atoms with E-state index >= 15 is 0 Å². The van der Waals surface area contributed by atoms with Crippen LogP contribution in [0.1, 0.15) is 65.8 Å². The van der Waals surface area contributed by atoms with Crippen LogP contribution in [0.2, 0.25) is 0 Å². The molecule has 1 aliphatic carbocycles. The first kappa shape index (κ1) is 23.6. The Morgan fingerprint density at radius 1 is 1.23 bits per heavy atom. The molecule has 3 aromatic rings. The second kappa shape index (κ2) is 8.82. The predicted octanol–water partition coefficient (Wildman–Crippen LogP) is 2.56. The summed E-state index contributed by atoms with van der Waals surface area (Å²) in [5.74, 6) is -1.11. The zero-order valence-electron chi connectivity index (χ0n) is 19.9. The number of hydrogen-bond donors (Lipinski definition) is 3. The third-order valence-corrected chi connectivity index (χ3v) is 7.15. The summed E-state index contributed by atoms with van der Waals surface area (Å²) in [6.07, 6.45) is -0.115. The lowest BCUT2D eigenvalue weighted by Gasteiger charge is -2.29. The lowest BCUT2D eigenvalue weighted by molar-refractivity contribution is -0.157. The molecule has 2 atom stereocenters. The van der Waals surface area contributed by atoms with Crippen LogP contribution in [0.4, 0.5) is 4.39 Å². The lowest BCUT2D eigenvalue weighted by atomic mass is 9.81. The second-order valence-corrected chi connectivity index (χ2v) is 8.84. The summed E-state index contributed by atoms with van der Waals surface area (Å²) in [4.78, 5) is 29.9. The molecule has 8 nitrogen and oxygen atoms in total. The van der Waals surface area contributed by atoms with Crippen LogP contribution in [0.15, 0.2) is 16.9 Å². The smallest absolute Gasteiger partial charge is 0.340 e. The fourth-order valence-corrected chi connectivity index (χ4v) is 5.54. The summed E-state index contributed by atoms with van der Waals surface area (Å²) in [6, 6.07) is 2.98. The maximum absolute atomic E-state index is 14.8. The first-order chi connectivity index (χ1) is 16.9. The van der Waals surface area contributed by atoms with Gasteiger partial charge in [-0.05, 0) is 42.5 Å². The molecular formula is C26H28FN3O5. The van der Waals surface area contributed by atoms with E-state index < -0.39 is 12.1 Å². The average Bonchev–Trinajstić information content (AvgIpc) is 3.24. The van der Waals surface area contributed by atoms with Crippen LogP contribution < -0.4 is 10.9 Å². The highest BCUT2D eigenvalue weighted by molar-refractivity contribution is 5.93. The Morgan fingerprint density at radius 2 is 2.00 bits per heavy atom. The van der Waals surface area contributed by atoms with Gasteiger partial charge in [0.2, 0.25) is 0 Å². The largest absolute Gasteiger partial charge is 0.458 e. The Kier molecular flexibility index (Phi) is 5.94. The van der Waals surface area contributed by atoms with Crippen molar-refractivity contribution < 1.29 is 24.1 Å². The van der Waals surface area contributed by atoms with Gasteiger partial charge in [-0.15, -0.1) is 0 Å². The van der Waals surface area contributed by atoms with Crippen molar-refractivity contribution in [1.82, 2.24) is 14.9 Å². The Hall–Kier alpha value is -3.14. The van der Waals surface area contributed by atoms with E-state index in [1.807, 2.05) is 13.8 Å². The topological polar surface area (TPSA) is 114 Å². The highest BCUT2D eigenvalue weighted by Crippen LogP contribution is 2.45. The van der Waals surface area contributed by atoms with Crippen molar-refractivity contribution in [2.24, 2.45) is 0 Å². The van der Waals surface area contributed by atoms with E-state index in [9.17, 15) is 24.2 Å². The number of nitrogens with one attached hydrogen (secondary N) is 1. The molecule has 6 rings (SSSR count). The van der Waals surface area contributed by atoms with Crippen LogP contribution in [0.25, 0.3) is 22.3 Å². The monoisotopic (exact) mass is 481 g/mol. The molecule has 0 fully saturated rings. The molecule has 3 aliphatic rings. The number of rotatable bonds is 3. The molecule has 2 aromatic heterocycles. The zero-order chi connectivity index (χ0) is 25.0. The van der Waals surface area contributed by atoms with Gasteiger partial charge in [0.25, 0.3) is 5.56 Å². The van der Waals surface area contributed by atoms with Crippen LogP contribution in [-0.2, 0) is 29.1 Å². The number of hydrogen-bond acceptors (Lipinski definition) is 7. The Bertz CT molecular complexity index is 1430. The quantitative estimate of drug-likeness (QED) is 0.386. The summed E-state index contributed by atoms with van der Waals surface area (Å²) in [5.41, 5.74) is 5.09. The minimum atomic E-state index is -1.53. The van der Waals surface area contributed by atoms with Gasteiger partial charge in [-0.3, -0.25) is 4.79 Å². The van der Waals surface area contributed by atoms with E-state index in [-0.39, 0.29) is 48.3 Å². The third-order valence-electron chi connectivity index (χ3n) is 7.15. The number of carbonyl (C=O) groups is 1. The van der Waals surface area contributed by atoms with Crippen molar-refractivity contribution in [1.29, 1.82) is 0 Å². The number of aliphatic hydroxyl groups is 2. The normalized spacial score (nSPS) is 19.4. The zero-order valence-corrected chi connectivity index (χ0v) is 19.9. The molecular weight excluding hydrogens is 453 g/mol. The molecule has 4 heterocycles. The number of benzene rings is 1. The number of halogens is 1. The molecule has 0 radical (unpaired) electrons. The number of pyridine rings is 2. The fraction of sp³-hybridized carbons (Fsp3) is 0.423. The van der Waals surface area contributed by atoms with E-state index in [1.54, 1.807) is 17.6 Å². The predicted molar refractivity (Wildman–Crippen MR) is 127 cm³/mol. The number of aliphatic hydroxyl groups excluding tert-OH is 2. The standard InChI is InChI=1S/C24H22FN3O5.C2H6/c1-10-11-2-3-16(26-4-5-29)20-13-8-28-18(21(13)27-17(19(11)20)7-15(10)25)6-12-14(23(28)31)9-33-24(32)22(12)30;1-2/h6-7,16,22,26,29-30H,2-5,8-9H2,1H3;1-2H3. The SMILES string of the molecule is CC.Cc1c(F)cc2nc3c(c4c2c1CCC4NCCO)Cn1c-3cc2c(c1=O)COC(=O)C2O. The first-order valence-corrected chi connectivity index (χ1v) is 12.0. The second-order valence-electron chi connectivity index (χ2n) is 8.84. The molecule has 2 unspecified atom stereocenters. The molecule has 0 amide bonds. The van der Waals surface area contributed by atoms with E-state index in [4.69, 9.17) is 9.72 Å². The summed E-state index contributed by atoms with van der Waals surface area (Å²) in [5, 5.41) is 24.0. The Morgan fingerprint density at radius 3 is 2.74 bits per heavy atom. The minimum absolute atomic E-state index is 0.0134. The molecule has 0 saturated carbocycles. The number of esters is 1. The molecule has 1 aromatic carbocycles. The van der Waals surface area contributed by atoms with Gasteiger partial charge < -0.3 is 24.8 Å². The highest BCUT2D eigenvalue weighted by atomic mass is 19.1. The Balaban J connectivity index is 0.00000124. The van der Waals surface area contributed by atoms with Crippen molar-refractivity contribution in [2.75, 3.05) is 13.2 Å². The van der Waals surface area contributed by atoms with Crippen molar-refractivity contribution in [3.8, 4) is 11.4 Å². The van der Waals surface area contributed by atoms with Crippen molar-refractivity contribution in [3.63, 3.8) is 0 Å². The van der Waals surface area contributed by atoms with Gasteiger partial charge in [0.15, 0.2) is 6.10 Å². The molecule has 0 bridgehead atoms. The maximum Gasteiger partial charge on any atom is 0.340 e. The van der Waals surface area contributed by atoms with E-state index in [1.165, 1.54) is 6.07 Å². The van der Waals surface area contributed by atoms with Crippen LogP contribution in [0, 0.1) is 12.7 Å². The maximum atomic E-state index is 14.8. The number of fused-ring (bicyclic) bond motifs is 5. The van der Waals surface area contributed by atoms with Crippen LogP contribution in [0.5, 0.6) is 0 Å². The molecule has 9 heteroatoms. The summed E-state index contributed by atoms with van der Waals surface area (Å²) in [7, 11) is 0. The lowest BCUT2D eigenvalue weighted by Crippen LogP contribution is -2.32. The number of nitrogens with zero attached hydrogens (tertiary/aromatic N) is 2.